The first-order chi connectivity index (χ1) is 14.6. The number of anilines is 1. The van der Waals surface area contributed by atoms with Crippen LogP contribution < -0.4 is 10.6 Å². The Bertz CT molecular complexity index is 813. The van der Waals surface area contributed by atoms with Crippen LogP contribution in [0.25, 0.3) is 0 Å². The van der Waals surface area contributed by atoms with Crippen LogP contribution in [0.2, 0.25) is 0 Å². The van der Waals surface area contributed by atoms with Crippen molar-refractivity contribution in [3.63, 3.8) is 0 Å². The summed E-state index contributed by atoms with van der Waals surface area (Å²) in [4.78, 5) is 27.4. The van der Waals surface area contributed by atoms with E-state index in [9.17, 15) is 9.59 Å². The van der Waals surface area contributed by atoms with Crippen molar-refractivity contribution in [2.24, 2.45) is 5.92 Å². The summed E-state index contributed by atoms with van der Waals surface area (Å²) in [5, 5.41) is 6.29. The lowest BCUT2D eigenvalue weighted by Crippen LogP contribution is -2.51. The molecule has 1 saturated heterocycles. The minimum atomic E-state index is -0.589. The monoisotopic (exact) mass is 409 g/mol. The molecule has 3 atom stereocenters. The number of rotatable bonds is 8. The van der Waals surface area contributed by atoms with E-state index in [2.05, 4.69) is 10.6 Å². The largest absolute Gasteiger partial charge is 0.445 e. The van der Waals surface area contributed by atoms with Gasteiger partial charge in [0.05, 0.1) is 0 Å². The van der Waals surface area contributed by atoms with E-state index in [0.717, 1.165) is 24.1 Å². The number of nitrogens with zero attached hydrogens (tertiary/aromatic N) is 1. The number of para-hydroxylation sites is 1. The second kappa shape index (κ2) is 10.7. The molecule has 1 heterocycles. The average Bonchev–Trinajstić information content (AvgIpc) is 3.25. The molecule has 30 heavy (non-hydrogen) atoms. The number of hydrogen-bond acceptors (Lipinski definition) is 4. The summed E-state index contributed by atoms with van der Waals surface area (Å²) in [5.74, 6) is -0.0266. The quantitative estimate of drug-likeness (QED) is 0.690. The van der Waals surface area contributed by atoms with E-state index in [-0.39, 0.29) is 24.5 Å². The van der Waals surface area contributed by atoms with Crippen LogP contribution in [0.4, 0.5) is 10.5 Å². The number of alkyl carbamates (subject to hydrolysis) is 1. The lowest BCUT2D eigenvalue weighted by molar-refractivity contribution is -0.133. The number of carbonyl (C=O) groups is 2. The maximum atomic E-state index is 13.2. The standard InChI is InChI=1S/C24H31N3O3/c1-3-18(2)22(26-24(29)30-17-19-10-6-4-7-11-19)23(28)27-15-14-21(16-27)25-20-12-8-5-9-13-20/h4-13,18,21-22,25H,3,14-17H2,1-2H3,(H,26,29)/t18-,21?,22-/m0/s1. The highest BCUT2D eigenvalue weighted by Gasteiger charge is 2.34. The minimum Gasteiger partial charge on any atom is -0.445 e. The van der Waals surface area contributed by atoms with Crippen molar-refractivity contribution in [3.8, 4) is 0 Å². The number of amides is 2. The summed E-state index contributed by atoms with van der Waals surface area (Å²) < 4.78 is 5.33. The van der Waals surface area contributed by atoms with E-state index in [1.807, 2.05) is 79.4 Å². The Hall–Kier alpha value is -3.02. The van der Waals surface area contributed by atoms with Gasteiger partial charge in [-0.25, -0.2) is 4.79 Å². The van der Waals surface area contributed by atoms with Crippen molar-refractivity contribution in [2.75, 3.05) is 18.4 Å². The summed E-state index contributed by atoms with van der Waals surface area (Å²) in [6.45, 7) is 5.49. The number of benzene rings is 2. The van der Waals surface area contributed by atoms with Crippen molar-refractivity contribution < 1.29 is 14.3 Å². The molecule has 2 aromatic rings. The molecule has 0 saturated carbocycles. The Morgan fingerprint density at radius 3 is 2.43 bits per heavy atom. The Morgan fingerprint density at radius 1 is 1.10 bits per heavy atom. The zero-order valence-corrected chi connectivity index (χ0v) is 17.7. The third-order valence-corrected chi connectivity index (χ3v) is 5.61. The van der Waals surface area contributed by atoms with E-state index in [1.165, 1.54) is 0 Å². The molecule has 0 aliphatic carbocycles. The lowest BCUT2D eigenvalue weighted by Gasteiger charge is -2.28. The van der Waals surface area contributed by atoms with Crippen LogP contribution in [-0.2, 0) is 16.1 Å². The van der Waals surface area contributed by atoms with Gasteiger partial charge in [-0.05, 0) is 30.0 Å². The molecule has 2 amide bonds. The highest BCUT2D eigenvalue weighted by molar-refractivity contribution is 5.86. The minimum absolute atomic E-state index is 0.0166. The number of likely N-dealkylation sites (tertiary alicyclic amines) is 1. The average molecular weight is 410 g/mol. The zero-order chi connectivity index (χ0) is 21.3. The zero-order valence-electron chi connectivity index (χ0n) is 17.7. The van der Waals surface area contributed by atoms with Gasteiger partial charge in [0.25, 0.3) is 0 Å². The predicted molar refractivity (Wildman–Crippen MR) is 118 cm³/mol. The van der Waals surface area contributed by atoms with Gasteiger partial charge >= 0.3 is 6.09 Å². The number of ether oxygens (including phenoxy) is 1. The Kier molecular flexibility index (Phi) is 7.71. The SMILES string of the molecule is CC[C@H](C)[C@H](NC(=O)OCc1ccccc1)C(=O)N1CCC(Nc2ccccc2)C1. The van der Waals surface area contributed by atoms with Gasteiger partial charge in [-0.2, -0.15) is 0 Å². The smallest absolute Gasteiger partial charge is 0.408 e. The molecular weight excluding hydrogens is 378 g/mol. The molecule has 160 valence electrons. The van der Waals surface area contributed by atoms with Gasteiger partial charge < -0.3 is 20.3 Å². The fourth-order valence-corrected chi connectivity index (χ4v) is 3.62. The predicted octanol–water partition coefficient (Wildman–Crippen LogP) is 4.04. The summed E-state index contributed by atoms with van der Waals surface area (Å²) in [6.07, 6.45) is 1.11. The van der Waals surface area contributed by atoms with Gasteiger partial charge in [-0.15, -0.1) is 0 Å². The van der Waals surface area contributed by atoms with Crippen molar-refractivity contribution in [2.45, 2.75) is 45.4 Å². The number of carbonyl (C=O) groups excluding carboxylic acids is 2. The van der Waals surface area contributed by atoms with Gasteiger partial charge in [0.1, 0.15) is 12.6 Å². The molecule has 1 unspecified atom stereocenters. The van der Waals surface area contributed by atoms with Crippen molar-refractivity contribution in [1.82, 2.24) is 10.2 Å². The molecule has 6 heteroatoms. The fourth-order valence-electron chi connectivity index (χ4n) is 3.62. The van der Waals surface area contributed by atoms with Gasteiger partial charge in [0.15, 0.2) is 0 Å². The van der Waals surface area contributed by atoms with Crippen LogP contribution in [0.15, 0.2) is 60.7 Å². The first-order valence-corrected chi connectivity index (χ1v) is 10.6. The fraction of sp³-hybridized carbons (Fsp3) is 0.417. The molecule has 0 radical (unpaired) electrons. The van der Waals surface area contributed by atoms with Crippen LogP contribution in [0.3, 0.4) is 0 Å². The molecule has 1 aliphatic rings. The van der Waals surface area contributed by atoms with E-state index >= 15 is 0 Å². The Morgan fingerprint density at radius 2 is 1.77 bits per heavy atom. The molecule has 1 aliphatic heterocycles. The van der Waals surface area contributed by atoms with E-state index in [4.69, 9.17) is 4.74 Å². The molecule has 0 aromatic heterocycles. The van der Waals surface area contributed by atoms with E-state index in [1.54, 1.807) is 0 Å². The van der Waals surface area contributed by atoms with Gasteiger partial charge in [-0.1, -0.05) is 68.8 Å². The third-order valence-electron chi connectivity index (χ3n) is 5.61. The summed E-state index contributed by atoms with van der Waals surface area (Å²) >= 11 is 0. The van der Waals surface area contributed by atoms with Crippen molar-refractivity contribution in [1.29, 1.82) is 0 Å². The lowest BCUT2D eigenvalue weighted by atomic mass is 9.98. The molecule has 0 bridgehead atoms. The van der Waals surface area contributed by atoms with Gasteiger partial charge in [0.2, 0.25) is 5.91 Å². The van der Waals surface area contributed by atoms with Crippen LogP contribution in [-0.4, -0.2) is 42.1 Å². The Labute approximate surface area is 178 Å². The van der Waals surface area contributed by atoms with Crippen LogP contribution in [0, 0.1) is 5.92 Å². The summed E-state index contributed by atoms with van der Waals surface area (Å²) in [5.41, 5.74) is 1.96. The van der Waals surface area contributed by atoms with E-state index in [0.29, 0.717) is 13.1 Å². The number of hydrogen-bond donors (Lipinski definition) is 2. The molecule has 3 rings (SSSR count). The summed E-state index contributed by atoms with van der Waals surface area (Å²) in [6, 6.07) is 19.1. The molecule has 1 fully saturated rings. The molecule has 2 N–H and O–H groups in total. The Balaban J connectivity index is 1.55. The highest BCUT2D eigenvalue weighted by atomic mass is 16.5. The number of nitrogens with one attached hydrogen (secondary N) is 2. The molecule has 0 spiro atoms. The first-order valence-electron chi connectivity index (χ1n) is 10.6. The van der Waals surface area contributed by atoms with Gasteiger partial charge in [-0.3, -0.25) is 4.79 Å². The molecular formula is C24H31N3O3. The first kappa shape index (κ1) is 21.7. The maximum absolute atomic E-state index is 13.2. The maximum Gasteiger partial charge on any atom is 0.408 e. The summed E-state index contributed by atoms with van der Waals surface area (Å²) in [7, 11) is 0. The second-order valence-electron chi connectivity index (χ2n) is 7.85. The molecule has 6 nitrogen and oxygen atoms in total. The topological polar surface area (TPSA) is 70.7 Å². The van der Waals surface area contributed by atoms with Crippen molar-refractivity contribution in [3.05, 3.63) is 66.2 Å². The van der Waals surface area contributed by atoms with Gasteiger partial charge in [0, 0.05) is 24.8 Å². The second-order valence-corrected chi connectivity index (χ2v) is 7.85. The van der Waals surface area contributed by atoms with Crippen LogP contribution in [0.1, 0.15) is 32.3 Å². The molecule has 2 aromatic carbocycles. The van der Waals surface area contributed by atoms with Crippen molar-refractivity contribution >= 4 is 17.7 Å². The highest BCUT2D eigenvalue weighted by Crippen LogP contribution is 2.19. The van der Waals surface area contributed by atoms with Crippen LogP contribution >= 0.6 is 0 Å². The van der Waals surface area contributed by atoms with Crippen LogP contribution in [0.5, 0.6) is 0 Å². The normalized spacial score (nSPS) is 17.8. The van der Waals surface area contributed by atoms with E-state index < -0.39 is 12.1 Å². The third kappa shape index (κ3) is 5.99.